The summed E-state index contributed by atoms with van der Waals surface area (Å²) in [6.07, 6.45) is 3.66. The molecule has 0 atom stereocenters. The summed E-state index contributed by atoms with van der Waals surface area (Å²) in [5.41, 5.74) is 1.75. The molecule has 1 aromatic heterocycles. The van der Waals surface area contributed by atoms with Gasteiger partial charge in [-0.25, -0.2) is 0 Å². The van der Waals surface area contributed by atoms with Crippen LogP contribution in [-0.2, 0) is 4.79 Å². The van der Waals surface area contributed by atoms with Crippen molar-refractivity contribution in [3.63, 3.8) is 0 Å². The molecule has 0 saturated carbocycles. The lowest BCUT2D eigenvalue weighted by molar-refractivity contribution is -0.120. The number of hydrogen-bond donors (Lipinski definition) is 2. The second kappa shape index (κ2) is 7.41. The van der Waals surface area contributed by atoms with E-state index in [2.05, 4.69) is 45.4 Å². The van der Waals surface area contributed by atoms with Crippen molar-refractivity contribution in [2.45, 2.75) is 32.7 Å². The van der Waals surface area contributed by atoms with Crippen molar-refractivity contribution in [2.75, 3.05) is 11.9 Å². The van der Waals surface area contributed by atoms with Gasteiger partial charge in [-0.3, -0.25) is 9.78 Å². The number of carbonyl (C=O) groups excluding carboxylic acids is 1. The molecule has 112 valence electrons. The van der Waals surface area contributed by atoms with E-state index < -0.39 is 0 Å². The molecule has 0 aliphatic heterocycles. The van der Waals surface area contributed by atoms with Gasteiger partial charge in [0.15, 0.2) is 0 Å². The minimum Gasteiger partial charge on any atom is -0.374 e. The molecular formula is C16H20BrN3O. The van der Waals surface area contributed by atoms with E-state index in [0.717, 1.165) is 33.9 Å². The number of halogens is 1. The number of benzene rings is 1. The van der Waals surface area contributed by atoms with Gasteiger partial charge < -0.3 is 10.6 Å². The lowest BCUT2D eigenvalue weighted by atomic mass is 10.1. The fourth-order valence-electron chi connectivity index (χ4n) is 2.22. The summed E-state index contributed by atoms with van der Waals surface area (Å²) >= 11 is 3.42. The molecule has 4 nitrogen and oxygen atoms in total. The predicted octanol–water partition coefficient (Wildman–Crippen LogP) is 3.71. The molecule has 2 N–H and O–H groups in total. The van der Waals surface area contributed by atoms with E-state index in [-0.39, 0.29) is 18.5 Å². The molecule has 1 heterocycles. The standard InChI is InChI=1S/C16H20BrN3O/c1-3-13(4-2)20-15(21)10-18-14-7-5-6-11-8-12(17)9-19-16(11)14/h5-9,13,18H,3-4,10H2,1-2H3,(H,20,21). The molecule has 0 radical (unpaired) electrons. The van der Waals surface area contributed by atoms with E-state index in [1.165, 1.54) is 0 Å². The van der Waals surface area contributed by atoms with Crippen LogP contribution in [0, 0.1) is 0 Å². The highest BCUT2D eigenvalue weighted by molar-refractivity contribution is 9.10. The molecule has 2 aromatic rings. The number of nitrogens with zero attached hydrogens (tertiary/aromatic N) is 1. The number of para-hydroxylation sites is 1. The second-order valence-corrected chi connectivity index (χ2v) is 5.88. The molecular weight excluding hydrogens is 330 g/mol. The number of fused-ring (bicyclic) bond motifs is 1. The fraction of sp³-hybridized carbons (Fsp3) is 0.375. The highest BCUT2D eigenvalue weighted by atomic mass is 79.9. The maximum absolute atomic E-state index is 11.9. The van der Waals surface area contributed by atoms with Gasteiger partial charge >= 0.3 is 0 Å². The van der Waals surface area contributed by atoms with Gasteiger partial charge in [-0.15, -0.1) is 0 Å². The number of nitrogens with one attached hydrogen (secondary N) is 2. The Kier molecular flexibility index (Phi) is 5.56. The van der Waals surface area contributed by atoms with E-state index in [1.807, 2.05) is 24.3 Å². The van der Waals surface area contributed by atoms with E-state index in [9.17, 15) is 4.79 Å². The zero-order valence-electron chi connectivity index (χ0n) is 12.3. The third-order valence-corrected chi connectivity index (χ3v) is 3.90. The molecule has 0 aliphatic carbocycles. The fourth-order valence-corrected chi connectivity index (χ4v) is 2.57. The van der Waals surface area contributed by atoms with Crippen molar-refractivity contribution >= 4 is 38.4 Å². The molecule has 0 aliphatic rings. The molecule has 5 heteroatoms. The Hall–Kier alpha value is -1.62. The van der Waals surface area contributed by atoms with Crippen molar-refractivity contribution < 1.29 is 4.79 Å². The zero-order valence-corrected chi connectivity index (χ0v) is 13.9. The highest BCUT2D eigenvalue weighted by Crippen LogP contribution is 2.23. The van der Waals surface area contributed by atoms with E-state index in [0.29, 0.717) is 0 Å². The molecule has 0 fully saturated rings. The van der Waals surface area contributed by atoms with Crippen molar-refractivity contribution in [1.29, 1.82) is 0 Å². The van der Waals surface area contributed by atoms with Gasteiger partial charge in [-0.2, -0.15) is 0 Å². The lowest BCUT2D eigenvalue weighted by Crippen LogP contribution is -2.37. The number of anilines is 1. The average Bonchev–Trinajstić information content (AvgIpc) is 2.50. The number of carbonyl (C=O) groups is 1. The minimum absolute atomic E-state index is 0.0119. The van der Waals surface area contributed by atoms with Gasteiger partial charge in [0.2, 0.25) is 5.91 Å². The van der Waals surface area contributed by atoms with Gasteiger partial charge in [0.1, 0.15) is 0 Å². The van der Waals surface area contributed by atoms with Gasteiger partial charge in [0.05, 0.1) is 17.7 Å². The topological polar surface area (TPSA) is 54.0 Å². The predicted molar refractivity (Wildman–Crippen MR) is 90.4 cm³/mol. The molecule has 0 spiro atoms. The van der Waals surface area contributed by atoms with Crippen molar-refractivity contribution in [3.05, 3.63) is 34.9 Å². The number of amides is 1. The summed E-state index contributed by atoms with van der Waals surface area (Å²) < 4.78 is 0.943. The van der Waals surface area contributed by atoms with Crippen molar-refractivity contribution in [3.8, 4) is 0 Å². The molecule has 2 rings (SSSR count). The highest BCUT2D eigenvalue weighted by Gasteiger charge is 2.09. The van der Waals surface area contributed by atoms with Crippen LogP contribution in [0.4, 0.5) is 5.69 Å². The first-order valence-electron chi connectivity index (χ1n) is 7.21. The first-order chi connectivity index (χ1) is 10.1. The van der Waals surface area contributed by atoms with E-state index >= 15 is 0 Å². The summed E-state index contributed by atoms with van der Waals surface area (Å²) in [5.74, 6) is 0.0119. The first-order valence-corrected chi connectivity index (χ1v) is 8.00. The zero-order chi connectivity index (χ0) is 15.2. The number of aromatic nitrogens is 1. The number of pyridine rings is 1. The van der Waals surface area contributed by atoms with Crippen molar-refractivity contribution in [1.82, 2.24) is 10.3 Å². The lowest BCUT2D eigenvalue weighted by Gasteiger charge is -2.15. The monoisotopic (exact) mass is 349 g/mol. The van der Waals surface area contributed by atoms with E-state index in [1.54, 1.807) is 6.20 Å². The summed E-state index contributed by atoms with van der Waals surface area (Å²) in [6, 6.07) is 8.16. The molecule has 0 unspecified atom stereocenters. The smallest absolute Gasteiger partial charge is 0.239 e. The summed E-state index contributed by atoms with van der Waals surface area (Å²) in [6.45, 7) is 4.41. The van der Waals surface area contributed by atoms with Gasteiger partial charge in [-0.05, 0) is 40.9 Å². The molecule has 21 heavy (non-hydrogen) atoms. The molecule has 0 bridgehead atoms. The van der Waals surface area contributed by atoms with Crippen LogP contribution in [0.1, 0.15) is 26.7 Å². The SMILES string of the molecule is CCC(CC)NC(=O)CNc1cccc2cc(Br)cnc12. The normalized spacial score (nSPS) is 10.9. The van der Waals surface area contributed by atoms with Crippen molar-refractivity contribution in [2.24, 2.45) is 0 Å². The molecule has 0 saturated heterocycles. The Morgan fingerprint density at radius 1 is 1.33 bits per heavy atom. The number of hydrogen-bond acceptors (Lipinski definition) is 3. The summed E-state index contributed by atoms with van der Waals surface area (Å²) in [5, 5.41) is 7.22. The van der Waals surface area contributed by atoms with Crippen LogP contribution in [0.5, 0.6) is 0 Å². The Balaban J connectivity index is 2.05. The van der Waals surface area contributed by atoms with Crippen LogP contribution in [0.25, 0.3) is 10.9 Å². The van der Waals surface area contributed by atoms with Crippen LogP contribution >= 0.6 is 15.9 Å². The van der Waals surface area contributed by atoms with Gasteiger partial charge in [-0.1, -0.05) is 26.0 Å². The average molecular weight is 350 g/mol. The summed E-state index contributed by atoms with van der Waals surface area (Å²) in [4.78, 5) is 16.3. The quantitative estimate of drug-likeness (QED) is 0.835. The van der Waals surface area contributed by atoms with Gasteiger partial charge in [0.25, 0.3) is 0 Å². The van der Waals surface area contributed by atoms with Crippen LogP contribution in [-0.4, -0.2) is 23.5 Å². The van der Waals surface area contributed by atoms with Crippen LogP contribution in [0.3, 0.4) is 0 Å². The molecule has 1 aromatic carbocycles. The largest absolute Gasteiger partial charge is 0.374 e. The van der Waals surface area contributed by atoms with Crippen LogP contribution < -0.4 is 10.6 Å². The molecule has 1 amide bonds. The van der Waals surface area contributed by atoms with Crippen LogP contribution in [0.15, 0.2) is 34.9 Å². The van der Waals surface area contributed by atoms with Crippen LogP contribution in [0.2, 0.25) is 0 Å². The second-order valence-electron chi connectivity index (χ2n) is 4.97. The maximum atomic E-state index is 11.9. The van der Waals surface area contributed by atoms with E-state index in [4.69, 9.17) is 0 Å². The summed E-state index contributed by atoms with van der Waals surface area (Å²) in [7, 11) is 0. The maximum Gasteiger partial charge on any atom is 0.239 e. The first kappa shape index (κ1) is 15.8. The Morgan fingerprint density at radius 2 is 2.10 bits per heavy atom. The third-order valence-electron chi connectivity index (χ3n) is 3.47. The Labute approximate surface area is 133 Å². The number of rotatable bonds is 6. The Morgan fingerprint density at radius 3 is 2.81 bits per heavy atom. The van der Waals surface area contributed by atoms with Gasteiger partial charge in [0, 0.05) is 22.1 Å². The Bertz CT molecular complexity index is 626. The third kappa shape index (κ3) is 4.17. The minimum atomic E-state index is 0.0119.